The normalized spacial score (nSPS) is 20.0. The van der Waals surface area contributed by atoms with Crippen LogP contribution in [0.5, 0.6) is 0 Å². The Labute approximate surface area is 120 Å². The fourth-order valence-electron chi connectivity index (χ4n) is 3.02. The summed E-state index contributed by atoms with van der Waals surface area (Å²) >= 11 is 0. The fraction of sp³-hybridized carbons (Fsp3) is 0.125. The summed E-state index contributed by atoms with van der Waals surface area (Å²) in [5, 5.41) is 0. The number of carbonyl (C=O) groups excluding carboxylic acids is 2. The maximum absolute atomic E-state index is 13.3. The van der Waals surface area contributed by atoms with Gasteiger partial charge >= 0.3 is 6.03 Å². The number of benzene rings is 2. The van der Waals surface area contributed by atoms with Crippen LogP contribution in [-0.4, -0.2) is 18.0 Å². The highest BCUT2D eigenvalue weighted by Gasteiger charge is 2.50. The van der Waals surface area contributed by atoms with Crippen LogP contribution in [0.15, 0.2) is 48.5 Å². The molecule has 0 N–H and O–H groups in total. The number of halogens is 1. The highest BCUT2D eigenvalue weighted by Crippen LogP contribution is 2.38. The van der Waals surface area contributed by atoms with Crippen LogP contribution in [0.2, 0.25) is 0 Å². The molecule has 1 fully saturated rings. The SMILES string of the molecule is O=C1C2Cc3ccccc3N2C(=O)N1c1cccc(F)c1. The molecular weight excluding hydrogens is 271 g/mol. The summed E-state index contributed by atoms with van der Waals surface area (Å²) in [6.45, 7) is 0. The Kier molecular flexibility index (Phi) is 2.39. The molecule has 0 spiro atoms. The monoisotopic (exact) mass is 282 g/mol. The minimum absolute atomic E-state index is 0.275. The van der Waals surface area contributed by atoms with Gasteiger partial charge < -0.3 is 0 Å². The van der Waals surface area contributed by atoms with E-state index in [2.05, 4.69) is 0 Å². The molecule has 104 valence electrons. The summed E-state index contributed by atoms with van der Waals surface area (Å²) in [5.41, 5.74) is 2.03. The van der Waals surface area contributed by atoms with E-state index in [1.807, 2.05) is 24.3 Å². The molecule has 0 bridgehead atoms. The van der Waals surface area contributed by atoms with Crippen molar-refractivity contribution in [1.82, 2.24) is 0 Å². The van der Waals surface area contributed by atoms with Crippen LogP contribution in [0.25, 0.3) is 0 Å². The van der Waals surface area contributed by atoms with Gasteiger partial charge in [0.1, 0.15) is 11.9 Å². The molecule has 0 aliphatic carbocycles. The Morgan fingerprint density at radius 1 is 1.05 bits per heavy atom. The zero-order valence-electron chi connectivity index (χ0n) is 11.0. The lowest BCUT2D eigenvalue weighted by molar-refractivity contribution is -0.117. The third-order valence-electron chi connectivity index (χ3n) is 3.95. The maximum Gasteiger partial charge on any atom is 0.336 e. The Hall–Kier alpha value is -2.69. The van der Waals surface area contributed by atoms with Crippen LogP contribution in [0.4, 0.5) is 20.6 Å². The van der Waals surface area contributed by atoms with Crippen molar-refractivity contribution in [2.45, 2.75) is 12.5 Å². The lowest BCUT2D eigenvalue weighted by Crippen LogP contribution is -2.33. The van der Waals surface area contributed by atoms with Crippen molar-refractivity contribution in [2.24, 2.45) is 0 Å². The second-order valence-corrected chi connectivity index (χ2v) is 5.15. The second kappa shape index (κ2) is 4.15. The second-order valence-electron chi connectivity index (χ2n) is 5.15. The molecule has 1 saturated heterocycles. The molecule has 1 unspecified atom stereocenters. The first kappa shape index (κ1) is 12.1. The topological polar surface area (TPSA) is 40.6 Å². The van der Waals surface area contributed by atoms with Crippen molar-refractivity contribution >= 4 is 23.3 Å². The van der Waals surface area contributed by atoms with Crippen molar-refractivity contribution in [3.05, 3.63) is 59.9 Å². The molecule has 2 aromatic rings. The molecule has 2 aliphatic heterocycles. The summed E-state index contributed by atoms with van der Waals surface area (Å²) in [6, 6.07) is 12.1. The van der Waals surface area contributed by atoms with E-state index in [0.29, 0.717) is 6.42 Å². The number of hydrogen-bond acceptors (Lipinski definition) is 2. The van der Waals surface area contributed by atoms with Gasteiger partial charge in [-0.2, -0.15) is 0 Å². The average Bonchev–Trinajstić information content (AvgIpc) is 2.96. The molecule has 2 aromatic carbocycles. The summed E-state index contributed by atoms with van der Waals surface area (Å²) in [6.07, 6.45) is 0.507. The Morgan fingerprint density at radius 2 is 1.86 bits per heavy atom. The number of nitrogens with zero attached hydrogens (tertiary/aromatic N) is 2. The first-order valence-corrected chi connectivity index (χ1v) is 6.67. The van der Waals surface area contributed by atoms with E-state index >= 15 is 0 Å². The van der Waals surface area contributed by atoms with E-state index in [0.717, 1.165) is 16.2 Å². The predicted octanol–water partition coefficient (Wildman–Crippen LogP) is 2.72. The standard InChI is InChI=1S/C16H11FN2O2/c17-11-5-3-6-12(9-11)18-15(20)14-8-10-4-1-2-7-13(10)19(14)16(18)21/h1-7,9,14H,8H2. The Balaban J connectivity index is 1.79. The van der Waals surface area contributed by atoms with E-state index < -0.39 is 17.9 Å². The van der Waals surface area contributed by atoms with Crippen molar-refractivity contribution in [1.29, 1.82) is 0 Å². The summed E-state index contributed by atoms with van der Waals surface area (Å²) < 4.78 is 13.3. The molecule has 21 heavy (non-hydrogen) atoms. The van der Waals surface area contributed by atoms with Crippen molar-refractivity contribution in [3.8, 4) is 0 Å². The molecule has 3 amide bonds. The smallest absolute Gasteiger partial charge is 0.281 e. The van der Waals surface area contributed by atoms with Gasteiger partial charge in [-0.1, -0.05) is 24.3 Å². The van der Waals surface area contributed by atoms with Gasteiger partial charge in [-0.3, -0.25) is 9.69 Å². The highest BCUT2D eigenvalue weighted by molar-refractivity contribution is 6.29. The quantitative estimate of drug-likeness (QED) is 0.755. The average molecular weight is 282 g/mol. The zero-order valence-corrected chi connectivity index (χ0v) is 11.0. The van der Waals surface area contributed by atoms with Gasteiger partial charge in [0.05, 0.1) is 5.69 Å². The minimum atomic E-state index is -0.516. The molecule has 2 heterocycles. The highest BCUT2D eigenvalue weighted by atomic mass is 19.1. The molecule has 0 aromatic heterocycles. The van der Waals surface area contributed by atoms with Gasteiger partial charge in [0, 0.05) is 12.1 Å². The number of carbonyl (C=O) groups is 2. The number of imide groups is 1. The zero-order chi connectivity index (χ0) is 14.6. The molecule has 4 nitrogen and oxygen atoms in total. The number of para-hydroxylation sites is 1. The molecule has 4 rings (SSSR count). The van der Waals surface area contributed by atoms with Crippen LogP contribution in [-0.2, 0) is 11.2 Å². The summed E-state index contributed by atoms with van der Waals surface area (Å²) in [5.74, 6) is -0.776. The van der Waals surface area contributed by atoms with Gasteiger partial charge in [0.25, 0.3) is 5.91 Å². The first-order valence-electron chi connectivity index (χ1n) is 6.67. The lowest BCUT2D eigenvalue weighted by Gasteiger charge is -2.16. The molecule has 5 heteroatoms. The van der Waals surface area contributed by atoms with Crippen LogP contribution in [0.1, 0.15) is 5.56 Å². The van der Waals surface area contributed by atoms with Crippen molar-refractivity contribution in [3.63, 3.8) is 0 Å². The van der Waals surface area contributed by atoms with Crippen LogP contribution in [0.3, 0.4) is 0 Å². The van der Waals surface area contributed by atoms with Crippen molar-refractivity contribution < 1.29 is 14.0 Å². The first-order chi connectivity index (χ1) is 10.2. The number of hydrogen-bond donors (Lipinski definition) is 0. The van der Waals surface area contributed by atoms with Gasteiger partial charge in [-0.05, 0) is 29.8 Å². The number of amides is 3. The van der Waals surface area contributed by atoms with E-state index in [1.165, 1.54) is 23.1 Å². The van der Waals surface area contributed by atoms with Crippen LogP contribution >= 0.6 is 0 Å². The minimum Gasteiger partial charge on any atom is -0.281 e. The lowest BCUT2D eigenvalue weighted by atomic mass is 10.1. The summed E-state index contributed by atoms with van der Waals surface area (Å²) in [4.78, 5) is 27.7. The molecule has 0 saturated carbocycles. The largest absolute Gasteiger partial charge is 0.336 e. The predicted molar refractivity (Wildman–Crippen MR) is 75.7 cm³/mol. The van der Waals surface area contributed by atoms with Crippen molar-refractivity contribution in [2.75, 3.05) is 9.80 Å². The van der Waals surface area contributed by atoms with Crippen LogP contribution in [0, 0.1) is 5.82 Å². The molecule has 0 radical (unpaired) electrons. The molecular formula is C16H11FN2O2. The van der Waals surface area contributed by atoms with E-state index in [4.69, 9.17) is 0 Å². The Bertz CT molecular complexity index is 774. The molecule has 1 atom stereocenters. The van der Waals surface area contributed by atoms with E-state index in [9.17, 15) is 14.0 Å². The van der Waals surface area contributed by atoms with Gasteiger partial charge in [0.2, 0.25) is 0 Å². The van der Waals surface area contributed by atoms with Gasteiger partial charge in [-0.25, -0.2) is 14.1 Å². The fourth-order valence-corrected chi connectivity index (χ4v) is 3.02. The number of rotatable bonds is 1. The molecule has 2 aliphatic rings. The van der Waals surface area contributed by atoms with E-state index in [-0.39, 0.29) is 11.6 Å². The number of fused-ring (bicyclic) bond motifs is 3. The van der Waals surface area contributed by atoms with Gasteiger partial charge in [0.15, 0.2) is 0 Å². The third kappa shape index (κ3) is 1.60. The van der Waals surface area contributed by atoms with Crippen LogP contribution < -0.4 is 9.80 Å². The number of urea groups is 1. The third-order valence-corrected chi connectivity index (χ3v) is 3.95. The summed E-state index contributed by atoms with van der Waals surface area (Å²) in [7, 11) is 0. The van der Waals surface area contributed by atoms with Gasteiger partial charge in [-0.15, -0.1) is 0 Å². The number of anilines is 2. The maximum atomic E-state index is 13.3. The van der Waals surface area contributed by atoms with E-state index in [1.54, 1.807) is 6.07 Å². The Morgan fingerprint density at radius 3 is 2.67 bits per heavy atom.